The van der Waals surface area contributed by atoms with E-state index in [0.717, 1.165) is 17.5 Å². The molecule has 3 N–H and O–H groups in total. The van der Waals surface area contributed by atoms with Crippen LogP contribution in [0, 0.1) is 11.7 Å². The summed E-state index contributed by atoms with van der Waals surface area (Å²) in [5.74, 6) is -2.93. The molecule has 1 aromatic heterocycles. The molecule has 1 atom stereocenters. The van der Waals surface area contributed by atoms with Crippen LogP contribution >= 0.6 is 0 Å². The fourth-order valence-corrected chi connectivity index (χ4v) is 5.33. The Kier molecular flexibility index (Phi) is 9.77. The van der Waals surface area contributed by atoms with Gasteiger partial charge in [-0.05, 0) is 78.6 Å². The molecule has 0 saturated carbocycles. The largest absolute Gasteiger partial charge is 0.456 e. The SMILES string of the molecule is O=C(NCCS(=O)(=O)O)c1ccc(CC(Cc2ccc(C(F)(F)F)cc2)C(=O)Nc2ccc(-c3cc4ccccc4o3)cc2F)cc1. The first-order chi connectivity index (χ1) is 22.2. The fourth-order valence-electron chi connectivity index (χ4n) is 4.97. The minimum atomic E-state index is -4.53. The third-order valence-electron chi connectivity index (χ3n) is 7.41. The van der Waals surface area contributed by atoms with E-state index in [4.69, 9.17) is 8.97 Å². The lowest BCUT2D eigenvalue weighted by Crippen LogP contribution is -2.29. The normalized spacial score (nSPS) is 12.5. The number of carbonyl (C=O) groups excluding carboxylic acids is 2. The van der Waals surface area contributed by atoms with E-state index in [1.807, 2.05) is 18.2 Å². The van der Waals surface area contributed by atoms with E-state index < -0.39 is 51.2 Å². The molecule has 0 aliphatic rings. The van der Waals surface area contributed by atoms with E-state index in [1.54, 1.807) is 30.3 Å². The lowest BCUT2D eigenvalue weighted by Gasteiger charge is -2.18. The Hall–Kier alpha value is -5.01. The predicted octanol–water partition coefficient (Wildman–Crippen LogP) is 6.92. The maximum absolute atomic E-state index is 15.3. The number of fused-ring (bicyclic) bond motifs is 1. The van der Waals surface area contributed by atoms with Crippen molar-refractivity contribution in [2.75, 3.05) is 17.6 Å². The average Bonchev–Trinajstić information content (AvgIpc) is 3.46. The van der Waals surface area contributed by atoms with Crippen LogP contribution in [0.5, 0.6) is 0 Å². The summed E-state index contributed by atoms with van der Waals surface area (Å²) in [6.45, 7) is -0.301. The van der Waals surface area contributed by atoms with Gasteiger partial charge in [0.05, 0.1) is 17.0 Å². The second kappa shape index (κ2) is 13.8. The van der Waals surface area contributed by atoms with Gasteiger partial charge in [0.15, 0.2) is 0 Å². The number of alkyl halides is 3. The number of hydrogen-bond acceptors (Lipinski definition) is 5. The van der Waals surface area contributed by atoms with Crippen LogP contribution in [0.2, 0.25) is 0 Å². The maximum atomic E-state index is 15.3. The number of benzene rings is 4. The highest BCUT2D eigenvalue weighted by molar-refractivity contribution is 7.85. The molecule has 0 aliphatic carbocycles. The predicted molar refractivity (Wildman–Crippen MR) is 168 cm³/mol. The van der Waals surface area contributed by atoms with E-state index >= 15 is 4.39 Å². The molecule has 0 spiro atoms. The molecule has 0 saturated heterocycles. The molecule has 0 bridgehead atoms. The van der Waals surface area contributed by atoms with Crippen molar-refractivity contribution >= 4 is 38.6 Å². The number of furan rings is 1. The molecule has 0 radical (unpaired) electrons. The molecule has 5 aromatic rings. The maximum Gasteiger partial charge on any atom is 0.416 e. The van der Waals surface area contributed by atoms with Crippen molar-refractivity contribution in [1.82, 2.24) is 5.32 Å². The molecule has 4 aromatic carbocycles. The Bertz CT molecular complexity index is 1970. The number of anilines is 1. The third-order valence-corrected chi connectivity index (χ3v) is 8.13. The van der Waals surface area contributed by atoms with Crippen molar-refractivity contribution in [2.24, 2.45) is 5.92 Å². The van der Waals surface area contributed by atoms with E-state index in [9.17, 15) is 31.2 Å². The summed E-state index contributed by atoms with van der Waals surface area (Å²) in [5.41, 5.74) is 1.42. The molecule has 13 heteroatoms. The molecule has 1 heterocycles. The van der Waals surface area contributed by atoms with Crippen LogP contribution in [-0.4, -0.2) is 37.1 Å². The van der Waals surface area contributed by atoms with Gasteiger partial charge in [0.2, 0.25) is 5.91 Å². The number of amides is 2. The van der Waals surface area contributed by atoms with Crippen molar-refractivity contribution in [3.05, 3.63) is 125 Å². The van der Waals surface area contributed by atoms with Crippen LogP contribution in [0.4, 0.5) is 23.2 Å². The van der Waals surface area contributed by atoms with E-state index in [0.29, 0.717) is 28.0 Å². The van der Waals surface area contributed by atoms with E-state index in [-0.39, 0.29) is 30.6 Å². The summed E-state index contributed by atoms with van der Waals surface area (Å²) in [6.07, 6.45) is -4.40. The Morgan fingerprint density at radius 2 is 1.49 bits per heavy atom. The second-order valence-electron chi connectivity index (χ2n) is 10.9. The summed E-state index contributed by atoms with van der Waals surface area (Å²) < 4.78 is 91.0. The second-order valence-corrected chi connectivity index (χ2v) is 12.4. The van der Waals surface area contributed by atoms with Crippen LogP contribution in [-0.2, 0) is 33.9 Å². The highest BCUT2D eigenvalue weighted by atomic mass is 32.2. The molecule has 244 valence electrons. The Balaban J connectivity index is 1.33. The van der Waals surface area contributed by atoms with E-state index in [1.165, 1.54) is 36.4 Å². The van der Waals surface area contributed by atoms with Gasteiger partial charge >= 0.3 is 6.18 Å². The number of carbonyl (C=O) groups is 2. The Morgan fingerprint density at radius 1 is 0.851 bits per heavy atom. The van der Waals surface area contributed by atoms with E-state index in [2.05, 4.69) is 10.6 Å². The number of halogens is 4. The lowest BCUT2D eigenvalue weighted by atomic mass is 9.91. The number of nitrogens with one attached hydrogen (secondary N) is 2. The topological polar surface area (TPSA) is 126 Å². The Labute approximate surface area is 267 Å². The number of rotatable bonds is 11. The third kappa shape index (κ3) is 8.83. The summed E-state index contributed by atoms with van der Waals surface area (Å²) in [5, 5.41) is 5.81. The average molecular weight is 669 g/mol. The summed E-state index contributed by atoms with van der Waals surface area (Å²) in [4.78, 5) is 25.9. The van der Waals surface area contributed by atoms with Gasteiger partial charge in [-0.15, -0.1) is 0 Å². The van der Waals surface area contributed by atoms with Crippen molar-refractivity contribution in [3.63, 3.8) is 0 Å². The summed E-state index contributed by atoms with van der Waals surface area (Å²) in [7, 11) is -4.25. The first-order valence-corrected chi connectivity index (χ1v) is 15.9. The van der Waals surface area contributed by atoms with Crippen molar-refractivity contribution in [2.45, 2.75) is 19.0 Å². The standard InChI is InChI=1S/C34H28F4N2O6S/c35-28-19-25(31-20-24-3-1-2-4-30(24)46-31)11-14-29(28)40-33(42)26(18-22-7-12-27(13-8-22)34(36,37)38)17-21-5-9-23(10-6-21)32(41)39-15-16-47(43,44)45/h1-14,19-20,26H,15-18H2,(H,39,41)(H,40,42)(H,43,44,45). The first-order valence-electron chi connectivity index (χ1n) is 14.3. The molecule has 1 unspecified atom stereocenters. The quantitative estimate of drug-likeness (QED) is 0.104. The van der Waals surface area contributed by atoms with Crippen LogP contribution in [0.15, 0.2) is 101 Å². The molecule has 0 fully saturated rings. The van der Waals surface area contributed by atoms with Gasteiger partial charge in [-0.25, -0.2) is 4.39 Å². The Morgan fingerprint density at radius 3 is 2.09 bits per heavy atom. The number of hydrogen-bond donors (Lipinski definition) is 3. The van der Waals surface area contributed by atoms with Crippen molar-refractivity contribution < 1.29 is 44.5 Å². The van der Waals surface area contributed by atoms with Crippen LogP contribution in [0.1, 0.15) is 27.0 Å². The van der Waals surface area contributed by atoms with Crippen molar-refractivity contribution in [3.8, 4) is 11.3 Å². The minimum absolute atomic E-state index is 0.0283. The van der Waals surface area contributed by atoms with Crippen LogP contribution in [0.3, 0.4) is 0 Å². The zero-order valence-corrected chi connectivity index (χ0v) is 25.4. The van der Waals surface area contributed by atoms with Gasteiger partial charge in [-0.1, -0.05) is 42.5 Å². The minimum Gasteiger partial charge on any atom is -0.456 e. The zero-order valence-electron chi connectivity index (χ0n) is 24.6. The highest BCUT2D eigenvalue weighted by Gasteiger charge is 2.30. The summed E-state index contributed by atoms with van der Waals surface area (Å²) >= 11 is 0. The zero-order chi connectivity index (χ0) is 33.8. The van der Waals surface area contributed by atoms with Crippen LogP contribution in [0.25, 0.3) is 22.3 Å². The van der Waals surface area contributed by atoms with Gasteiger partial charge in [0.25, 0.3) is 16.0 Å². The lowest BCUT2D eigenvalue weighted by molar-refractivity contribution is -0.137. The van der Waals surface area contributed by atoms with Crippen molar-refractivity contribution in [1.29, 1.82) is 0 Å². The first kappa shape index (κ1) is 33.4. The smallest absolute Gasteiger partial charge is 0.416 e. The van der Waals surface area contributed by atoms with Gasteiger partial charge in [-0.3, -0.25) is 14.1 Å². The molecular weight excluding hydrogens is 640 g/mol. The highest BCUT2D eigenvalue weighted by Crippen LogP contribution is 2.31. The monoisotopic (exact) mass is 668 g/mol. The van der Waals surface area contributed by atoms with Gasteiger partial charge < -0.3 is 15.1 Å². The van der Waals surface area contributed by atoms with Crippen LogP contribution < -0.4 is 10.6 Å². The number of para-hydroxylation sites is 1. The fraction of sp³-hybridized carbons (Fsp3) is 0.176. The molecular formula is C34H28F4N2O6S. The van der Waals surface area contributed by atoms with Gasteiger partial charge in [0, 0.05) is 29.0 Å². The van der Waals surface area contributed by atoms with Gasteiger partial charge in [0.1, 0.15) is 17.2 Å². The van der Waals surface area contributed by atoms with Gasteiger partial charge in [-0.2, -0.15) is 21.6 Å². The molecule has 47 heavy (non-hydrogen) atoms. The molecule has 2 amide bonds. The molecule has 0 aliphatic heterocycles. The summed E-state index contributed by atoms with van der Waals surface area (Å²) in [6, 6.07) is 23.8. The molecule has 5 rings (SSSR count). The molecule has 8 nitrogen and oxygen atoms in total.